The summed E-state index contributed by atoms with van der Waals surface area (Å²) in [5.41, 5.74) is 0. The average molecular weight is 217 g/mol. The van der Waals surface area contributed by atoms with Gasteiger partial charge in [0.1, 0.15) is 0 Å². The fourth-order valence-electron chi connectivity index (χ4n) is 1.07. The molecule has 0 saturated heterocycles. The first-order chi connectivity index (χ1) is 7.06. The molecule has 90 valence electrons. The minimum atomic E-state index is -0.130. The third-order valence-corrected chi connectivity index (χ3v) is 1.93. The number of hydrogen-bond donors (Lipinski definition) is 0. The summed E-state index contributed by atoms with van der Waals surface area (Å²) in [5.74, 6) is -0.130. The quantitative estimate of drug-likeness (QED) is 0.574. The molecule has 0 spiro atoms. The number of rotatable bonds is 8. The summed E-state index contributed by atoms with van der Waals surface area (Å²) in [5, 5.41) is 0. The Hall–Kier alpha value is -0.610. The molecule has 0 atom stereocenters. The van der Waals surface area contributed by atoms with Gasteiger partial charge in [0.15, 0.2) is 0 Å². The predicted molar refractivity (Wildman–Crippen MR) is 59.8 cm³/mol. The molecular formula is C11H23NO3. The van der Waals surface area contributed by atoms with E-state index >= 15 is 0 Å². The molecule has 0 saturated carbocycles. The number of likely N-dealkylation sites (N-methyl/N-ethyl adjacent to an activating group) is 1. The number of esters is 1. The first-order valence-corrected chi connectivity index (χ1v) is 5.52. The zero-order valence-electron chi connectivity index (χ0n) is 10.3. The van der Waals surface area contributed by atoms with Crippen molar-refractivity contribution in [3.05, 3.63) is 0 Å². The van der Waals surface area contributed by atoms with Gasteiger partial charge in [-0.15, -0.1) is 0 Å². The maximum Gasteiger partial charge on any atom is 0.307 e. The first-order valence-electron chi connectivity index (χ1n) is 5.52. The molecule has 0 radical (unpaired) electrons. The molecule has 0 rings (SSSR count). The summed E-state index contributed by atoms with van der Waals surface area (Å²) >= 11 is 0. The van der Waals surface area contributed by atoms with E-state index < -0.39 is 0 Å². The molecule has 0 aliphatic rings. The highest BCUT2D eigenvalue weighted by Gasteiger charge is 2.04. The molecule has 0 unspecified atom stereocenters. The smallest absolute Gasteiger partial charge is 0.307 e. The molecular weight excluding hydrogens is 194 g/mol. The van der Waals surface area contributed by atoms with Crippen LogP contribution < -0.4 is 0 Å². The predicted octanol–water partition coefficient (Wildman–Crippen LogP) is 1.30. The van der Waals surface area contributed by atoms with Crippen LogP contribution in [0, 0.1) is 0 Å². The summed E-state index contributed by atoms with van der Waals surface area (Å²) in [6, 6.07) is 0. The zero-order chi connectivity index (χ0) is 11.7. The van der Waals surface area contributed by atoms with E-state index in [0.29, 0.717) is 19.6 Å². The number of hydrogen-bond acceptors (Lipinski definition) is 4. The van der Waals surface area contributed by atoms with Crippen molar-refractivity contribution in [3.63, 3.8) is 0 Å². The van der Waals surface area contributed by atoms with Gasteiger partial charge in [0.2, 0.25) is 0 Å². The van der Waals surface area contributed by atoms with Crippen LogP contribution in [0.1, 0.15) is 27.2 Å². The van der Waals surface area contributed by atoms with E-state index in [4.69, 9.17) is 9.47 Å². The molecule has 0 aliphatic carbocycles. The third-order valence-electron chi connectivity index (χ3n) is 1.93. The highest BCUT2D eigenvalue weighted by molar-refractivity contribution is 5.69. The second-order valence-corrected chi connectivity index (χ2v) is 3.78. The molecule has 4 nitrogen and oxygen atoms in total. The van der Waals surface area contributed by atoms with Gasteiger partial charge < -0.3 is 14.4 Å². The summed E-state index contributed by atoms with van der Waals surface area (Å²) < 4.78 is 10.2. The Morgan fingerprint density at radius 3 is 2.53 bits per heavy atom. The van der Waals surface area contributed by atoms with Gasteiger partial charge in [0.25, 0.3) is 0 Å². The van der Waals surface area contributed by atoms with Gasteiger partial charge in [-0.25, -0.2) is 0 Å². The Balaban J connectivity index is 3.40. The van der Waals surface area contributed by atoms with Crippen LogP contribution >= 0.6 is 0 Å². The topological polar surface area (TPSA) is 38.8 Å². The van der Waals surface area contributed by atoms with Gasteiger partial charge in [-0.05, 0) is 27.8 Å². The van der Waals surface area contributed by atoms with Crippen LogP contribution in [-0.4, -0.2) is 50.3 Å². The molecule has 0 heterocycles. The summed E-state index contributed by atoms with van der Waals surface area (Å²) in [6.45, 7) is 8.57. The van der Waals surface area contributed by atoms with Gasteiger partial charge in [0, 0.05) is 13.1 Å². The highest BCUT2D eigenvalue weighted by atomic mass is 16.5. The Bertz CT molecular complexity index is 171. The van der Waals surface area contributed by atoms with Crippen LogP contribution in [0.3, 0.4) is 0 Å². The lowest BCUT2D eigenvalue weighted by atomic mass is 10.4. The van der Waals surface area contributed by atoms with Crippen molar-refractivity contribution >= 4 is 5.97 Å². The largest absolute Gasteiger partial charge is 0.466 e. The number of nitrogens with zero attached hydrogens (tertiary/aromatic N) is 1. The lowest BCUT2D eigenvalue weighted by Gasteiger charge is -2.16. The molecule has 0 aromatic heterocycles. The van der Waals surface area contributed by atoms with Crippen molar-refractivity contribution < 1.29 is 14.3 Å². The Kier molecular flexibility index (Phi) is 8.33. The average Bonchev–Trinajstić information content (AvgIpc) is 2.14. The lowest BCUT2D eigenvalue weighted by Crippen LogP contribution is -2.27. The van der Waals surface area contributed by atoms with Crippen molar-refractivity contribution in [3.8, 4) is 0 Å². The minimum Gasteiger partial charge on any atom is -0.466 e. The normalized spacial score (nSPS) is 11.1. The van der Waals surface area contributed by atoms with Gasteiger partial charge in [-0.1, -0.05) is 0 Å². The van der Waals surface area contributed by atoms with Crippen LogP contribution in [0.4, 0.5) is 0 Å². The summed E-state index contributed by atoms with van der Waals surface area (Å²) in [7, 11) is 1.98. The van der Waals surface area contributed by atoms with Gasteiger partial charge in [-0.2, -0.15) is 0 Å². The monoisotopic (exact) mass is 217 g/mol. The van der Waals surface area contributed by atoms with E-state index in [9.17, 15) is 4.79 Å². The van der Waals surface area contributed by atoms with E-state index in [1.165, 1.54) is 0 Å². The van der Waals surface area contributed by atoms with E-state index in [0.717, 1.165) is 13.1 Å². The van der Waals surface area contributed by atoms with Crippen LogP contribution in [-0.2, 0) is 14.3 Å². The van der Waals surface area contributed by atoms with Crippen molar-refractivity contribution in [1.29, 1.82) is 0 Å². The number of carbonyl (C=O) groups is 1. The molecule has 0 aromatic carbocycles. The van der Waals surface area contributed by atoms with Gasteiger partial charge in [0.05, 0.1) is 25.7 Å². The number of ether oxygens (including phenoxy) is 2. The maximum atomic E-state index is 11.0. The molecule has 0 amide bonds. The lowest BCUT2D eigenvalue weighted by molar-refractivity contribution is -0.143. The van der Waals surface area contributed by atoms with Crippen molar-refractivity contribution in [2.45, 2.75) is 33.3 Å². The van der Waals surface area contributed by atoms with Gasteiger partial charge >= 0.3 is 5.97 Å². The maximum absolute atomic E-state index is 11.0. The van der Waals surface area contributed by atoms with Crippen LogP contribution in [0.15, 0.2) is 0 Å². The first kappa shape index (κ1) is 14.4. The second-order valence-electron chi connectivity index (χ2n) is 3.78. The summed E-state index contributed by atoms with van der Waals surface area (Å²) in [6.07, 6.45) is 0.718. The van der Waals surface area contributed by atoms with Crippen molar-refractivity contribution in [1.82, 2.24) is 4.90 Å². The SMILES string of the molecule is CCOC(=O)CCN(C)CCOC(C)C. The number of carbonyl (C=O) groups excluding carboxylic acids is 1. The third kappa shape index (κ3) is 9.69. The van der Waals surface area contributed by atoms with E-state index in [-0.39, 0.29) is 12.1 Å². The van der Waals surface area contributed by atoms with Crippen LogP contribution in [0.2, 0.25) is 0 Å². The fraction of sp³-hybridized carbons (Fsp3) is 0.909. The standard InChI is InChI=1S/C11H23NO3/c1-5-14-11(13)6-7-12(4)8-9-15-10(2)3/h10H,5-9H2,1-4H3. The molecule has 4 heteroatoms. The molecule has 15 heavy (non-hydrogen) atoms. The molecule has 0 bridgehead atoms. The van der Waals surface area contributed by atoms with E-state index in [1.807, 2.05) is 27.8 Å². The fourth-order valence-corrected chi connectivity index (χ4v) is 1.07. The second kappa shape index (κ2) is 8.68. The Morgan fingerprint density at radius 2 is 2.00 bits per heavy atom. The van der Waals surface area contributed by atoms with E-state index in [1.54, 1.807) is 0 Å². The molecule has 0 aliphatic heterocycles. The van der Waals surface area contributed by atoms with Crippen LogP contribution in [0.25, 0.3) is 0 Å². The Morgan fingerprint density at radius 1 is 1.33 bits per heavy atom. The molecule has 0 N–H and O–H groups in total. The van der Waals surface area contributed by atoms with E-state index in [2.05, 4.69) is 4.90 Å². The van der Waals surface area contributed by atoms with Gasteiger partial charge in [-0.3, -0.25) is 4.79 Å². The van der Waals surface area contributed by atoms with Crippen molar-refractivity contribution in [2.24, 2.45) is 0 Å². The summed E-state index contributed by atoms with van der Waals surface area (Å²) in [4.78, 5) is 13.1. The van der Waals surface area contributed by atoms with Crippen molar-refractivity contribution in [2.75, 3.05) is 33.4 Å². The Labute approximate surface area is 92.5 Å². The zero-order valence-corrected chi connectivity index (χ0v) is 10.3. The highest BCUT2D eigenvalue weighted by Crippen LogP contribution is 1.93. The minimum absolute atomic E-state index is 0.130. The van der Waals surface area contributed by atoms with Crippen LogP contribution in [0.5, 0.6) is 0 Å². The molecule has 0 aromatic rings. The molecule has 0 fully saturated rings.